The van der Waals surface area contributed by atoms with Crippen LogP contribution < -0.4 is 10.6 Å². The molecule has 8 heteroatoms. The van der Waals surface area contributed by atoms with Crippen molar-refractivity contribution >= 4 is 18.0 Å². The van der Waals surface area contributed by atoms with Crippen LogP contribution in [0.3, 0.4) is 0 Å². The van der Waals surface area contributed by atoms with Crippen LogP contribution in [-0.2, 0) is 9.53 Å². The summed E-state index contributed by atoms with van der Waals surface area (Å²) in [4.78, 5) is 41.3. The van der Waals surface area contributed by atoms with Crippen LogP contribution in [0.5, 0.6) is 0 Å². The number of fused-ring (bicyclic) bond motifs is 1. The fourth-order valence-corrected chi connectivity index (χ4v) is 3.90. The fraction of sp³-hybridized carbons (Fsp3) is 0.842. The van der Waals surface area contributed by atoms with Crippen molar-refractivity contribution in [3.8, 4) is 0 Å². The van der Waals surface area contributed by atoms with Crippen molar-refractivity contribution in [2.75, 3.05) is 20.1 Å². The highest BCUT2D eigenvalue weighted by Crippen LogP contribution is 2.33. The van der Waals surface area contributed by atoms with E-state index < -0.39 is 23.2 Å². The van der Waals surface area contributed by atoms with Crippen LogP contribution in [0.4, 0.5) is 9.59 Å². The molecule has 0 radical (unpaired) electrons. The van der Waals surface area contributed by atoms with Gasteiger partial charge < -0.3 is 25.2 Å². The summed E-state index contributed by atoms with van der Waals surface area (Å²) in [6.45, 7) is 12.4. The van der Waals surface area contributed by atoms with E-state index in [2.05, 4.69) is 10.6 Å². The van der Waals surface area contributed by atoms with E-state index in [-0.39, 0.29) is 24.0 Å². The zero-order valence-electron chi connectivity index (χ0n) is 17.6. The summed E-state index contributed by atoms with van der Waals surface area (Å²) in [5, 5.41) is 5.44. The van der Waals surface area contributed by atoms with Gasteiger partial charge in [-0.05, 0) is 39.0 Å². The van der Waals surface area contributed by atoms with Gasteiger partial charge in [-0.15, -0.1) is 0 Å². The molecule has 0 spiro atoms. The minimum Gasteiger partial charge on any atom is -0.444 e. The number of alkyl carbamates (subject to hydrolysis) is 1. The molecule has 2 N–H and O–H groups in total. The number of nitrogens with one attached hydrogen (secondary N) is 2. The first-order valence-corrected chi connectivity index (χ1v) is 9.63. The molecule has 3 atom stereocenters. The minimum absolute atomic E-state index is 0.0000801. The van der Waals surface area contributed by atoms with Gasteiger partial charge in [-0.25, -0.2) is 9.59 Å². The van der Waals surface area contributed by atoms with Crippen LogP contribution >= 0.6 is 0 Å². The highest BCUT2D eigenvalue weighted by Gasteiger charge is 2.48. The molecule has 0 aromatic heterocycles. The van der Waals surface area contributed by atoms with Crippen LogP contribution in [0, 0.1) is 5.41 Å². The molecule has 0 aromatic carbocycles. The molecule has 2 heterocycles. The lowest BCUT2D eigenvalue weighted by Gasteiger charge is -2.36. The molecule has 0 aromatic rings. The third-order valence-corrected chi connectivity index (χ3v) is 5.11. The Kier molecular flexibility index (Phi) is 5.97. The molecule has 8 nitrogen and oxygen atoms in total. The first-order chi connectivity index (χ1) is 12.3. The van der Waals surface area contributed by atoms with Gasteiger partial charge in [0.2, 0.25) is 5.91 Å². The van der Waals surface area contributed by atoms with E-state index >= 15 is 0 Å². The second-order valence-corrected chi connectivity index (χ2v) is 9.44. The SMILES string of the molecule is CNC(=O)N1CCC2C1CCN2C(=O)C(NC(=O)OC(C)(C)C)C(C)(C)C. The van der Waals surface area contributed by atoms with Gasteiger partial charge in [-0.2, -0.15) is 0 Å². The molecule has 0 bridgehead atoms. The lowest BCUT2D eigenvalue weighted by atomic mass is 9.85. The van der Waals surface area contributed by atoms with Gasteiger partial charge in [0.05, 0.1) is 12.1 Å². The number of hydrogen-bond acceptors (Lipinski definition) is 4. The Balaban J connectivity index is 2.13. The lowest BCUT2D eigenvalue weighted by molar-refractivity contribution is -0.137. The Labute approximate surface area is 162 Å². The molecule has 2 aliphatic heterocycles. The molecule has 0 saturated carbocycles. The molecular weight excluding hydrogens is 348 g/mol. The highest BCUT2D eigenvalue weighted by molar-refractivity contribution is 5.87. The van der Waals surface area contributed by atoms with Gasteiger partial charge in [-0.3, -0.25) is 4.79 Å². The Morgan fingerprint density at radius 1 is 0.963 bits per heavy atom. The predicted octanol–water partition coefficient (Wildman–Crippen LogP) is 1.94. The molecule has 154 valence electrons. The maximum Gasteiger partial charge on any atom is 0.408 e. The average molecular weight is 383 g/mol. The fourth-order valence-electron chi connectivity index (χ4n) is 3.90. The van der Waals surface area contributed by atoms with Crippen molar-refractivity contribution in [1.82, 2.24) is 20.4 Å². The normalized spacial score (nSPS) is 23.7. The minimum atomic E-state index is -0.694. The van der Waals surface area contributed by atoms with Gasteiger partial charge in [-0.1, -0.05) is 20.8 Å². The number of amides is 4. The molecule has 2 saturated heterocycles. The predicted molar refractivity (Wildman–Crippen MR) is 102 cm³/mol. The largest absolute Gasteiger partial charge is 0.444 e. The van der Waals surface area contributed by atoms with Crippen LogP contribution in [-0.4, -0.2) is 71.7 Å². The zero-order chi connectivity index (χ0) is 20.6. The van der Waals surface area contributed by atoms with Gasteiger partial charge in [0.25, 0.3) is 0 Å². The molecule has 4 amide bonds. The number of rotatable bonds is 2. The van der Waals surface area contributed by atoms with E-state index in [9.17, 15) is 14.4 Å². The van der Waals surface area contributed by atoms with Crippen molar-refractivity contribution in [2.24, 2.45) is 5.41 Å². The standard InChI is InChI=1S/C19H34N4O4/c1-18(2,3)14(21-17(26)27-19(4,5)6)15(24)22-10-8-13-12(22)9-11-23(13)16(25)20-7/h12-14H,8-11H2,1-7H3,(H,20,25)(H,21,26). The highest BCUT2D eigenvalue weighted by atomic mass is 16.6. The Bertz CT molecular complexity index is 593. The number of carbonyl (C=O) groups excluding carboxylic acids is 3. The van der Waals surface area contributed by atoms with Gasteiger partial charge in [0.15, 0.2) is 0 Å². The summed E-state index contributed by atoms with van der Waals surface area (Å²) in [6, 6.07) is -0.757. The molecule has 0 aliphatic carbocycles. The van der Waals surface area contributed by atoms with Crippen molar-refractivity contribution in [1.29, 1.82) is 0 Å². The Morgan fingerprint density at radius 2 is 1.48 bits per heavy atom. The van der Waals surface area contributed by atoms with E-state index in [1.54, 1.807) is 27.8 Å². The molecular formula is C19H34N4O4. The van der Waals surface area contributed by atoms with E-state index in [4.69, 9.17) is 4.74 Å². The summed E-state index contributed by atoms with van der Waals surface area (Å²) in [6.07, 6.45) is 0.921. The van der Waals surface area contributed by atoms with Crippen LogP contribution in [0.2, 0.25) is 0 Å². The summed E-state index contributed by atoms with van der Waals surface area (Å²) in [5.74, 6) is -0.111. The van der Waals surface area contributed by atoms with E-state index in [0.29, 0.717) is 13.1 Å². The maximum atomic E-state index is 13.3. The van der Waals surface area contributed by atoms with Crippen molar-refractivity contribution in [3.63, 3.8) is 0 Å². The van der Waals surface area contributed by atoms with Crippen LogP contribution in [0.1, 0.15) is 54.4 Å². The molecule has 3 unspecified atom stereocenters. The van der Waals surface area contributed by atoms with Gasteiger partial charge in [0, 0.05) is 20.1 Å². The van der Waals surface area contributed by atoms with Gasteiger partial charge in [0.1, 0.15) is 11.6 Å². The zero-order valence-corrected chi connectivity index (χ0v) is 17.6. The summed E-state index contributed by atoms with van der Waals surface area (Å²) < 4.78 is 5.34. The van der Waals surface area contributed by atoms with Crippen molar-refractivity contribution in [3.05, 3.63) is 0 Å². The molecule has 2 rings (SSSR count). The lowest BCUT2D eigenvalue weighted by Crippen LogP contribution is -2.56. The number of hydrogen-bond donors (Lipinski definition) is 2. The topological polar surface area (TPSA) is 91.0 Å². The van der Waals surface area contributed by atoms with E-state index in [1.165, 1.54) is 0 Å². The van der Waals surface area contributed by atoms with E-state index in [0.717, 1.165) is 12.8 Å². The van der Waals surface area contributed by atoms with E-state index in [1.807, 2.05) is 30.6 Å². The Hall–Kier alpha value is -1.99. The van der Waals surface area contributed by atoms with Crippen molar-refractivity contribution in [2.45, 2.75) is 78.1 Å². The first kappa shape index (κ1) is 21.3. The third-order valence-electron chi connectivity index (χ3n) is 5.11. The van der Waals surface area contributed by atoms with Crippen LogP contribution in [0.25, 0.3) is 0 Å². The quantitative estimate of drug-likeness (QED) is 0.764. The number of urea groups is 1. The smallest absolute Gasteiger partial charge is 0.408 e. The monoisotopic (exact) mass is 382 g/mol. The van der Waals surface area contributed by atoms with Gasteiger partial charge >= 0.3 is 12.1 Å². The number of carbonyl (C=O) groups is 3. The maximum absolute atomic E-state index is 13.3. The van der Waals surface area contributed by atoms with Crippen molar-refractivity contribution < 1.29 is 19.1 Å². The summed E-state index contributed by atoms with van der Waals surface area (Å²) >= 11 is 0. The number of likely N-dealkylation sites (tertiary alicyclic amines) is 2. The first-order valence-electron chi connectivity index (χ1n) is 9.63. The third kappa shape index (κ3) is 4.84. The molecule has 2 aliphatic rings. The second-order valence-electron chi connectivity index (χ2n) is 9.44. The number of ether oxygens (including phenoxy) is 1. The molecule has 2 fully saturated rings. The average Bonchev–Trinajstić information content (AvgIpc) is 3.10. The summed E-state index contributed by atoms with van der Waals surface area (Å²) in [7, 11) is 1.62. The Morgan fingerprint density at radius 3 is 1.96 bits per heavy atom. The second kappa shape index (κ2) is 7.56. The molecule has 27 heavy (non-hydrogen) atoms. The van der Waals surface area contributed by atoms with Crippen LogP contribution in [0.15, 0.2) is 0 Å². The summed E-state index contributed by atoms with van der Waals surface area (Å²) in [5.41, 5.74) is -1.10. The number of nitrogens with zero attached hydrogens (tertiary/aromatic N) is 2.